The molecule has 3 aromatic heterocycles. The zero-order valence-electron chi connectivity index (χ0n) is 26.7. The molecule has 3 heterocycles. The number of para-hydroxylation sites is 1. The second-order valence-corrected chi connectivity index (χ2v) is 13.5. The Morgan fingerprint density at radius 2 is 0.940 bits per heavy atom. The van der Waals surface area contributed by atoms with E-state index in [4.69, 9.17) is 19.4 Å². The second kappa shape index (κ2) is 11.6. The fraction of sp³-hybridized carbons (Fsp3) is 0. The highest BCUT2D eigenvalue weighted by molar-refractivity contribution is 7.26. The molecule has 7 aromatic carbocycles. The number of hydrogen-bond acceptors (Lipinski definition) is 5. The quantitative estimate of drug-likeness (QED) is 0.185. The summed E-state index contributed by atoms with van der Waals surface area (Å²) in [4.78, 5) is 14.8. The molecule has 0 saturated carbocycles. The van der Waals surface area contributed by atoms with Gasteiger partial charge in [-0.25, -0.2) is 15.0 Å². The van der Waals surface area contributed by atoms with Gasteiger partial charge in [0.05, 0.1) is 0 Å². The minimum atomic E-state index is 0.656. The zero-order valence-corrected chi connectivity index (χ0v) is 27.6. The Morgan fingerprint density at radius 3 is 1.70 bits per heavy atom. The van der Waals surface area contributed by atoms with Crippen LogP contribution in [-0.4, -0.2) is 15.0 Å². The highest BCUT2D eigenvalue weighted by Crippen LogP contribution is 2.44. The van der Waals surface area contributed by atoms with Crippen molar-refractivity contribution in [2.45, 2.75) is 0 Å². The molecular weight excluding hydrogens is 631 g/mol. The number of hydrogen-bond donors (Lipinski definition) is 0. The number of furan rings is 1. The van der Waals surface area contributed by atoms with Crippen molar-refractivity contribution >= 4 is 53.4 Å². The van der Waals surface area contributed by atoms with Gasteiger partial charge in [0.25, 0.3) is 0 Å². The van der Waals surface area contributed by atoms with Crippen molar-refractivity contribution in [2.75, 3.05) is 0 Å². The van der Waals surface area contributed by atoms with Crippen LogP contribution in [0, 0.1) is 0 Å². The third-order valence-corrected chi connectivity index (χ3v) is 10.5. The fourth-order valence-corrected chi connectivity index (χ4v) is 8.16. The van der Waals surface area contributed by atoms with Gasteiger partial charge in [-0.05, 0) is 52.6 Å². The van der Waals surface area contributed by atoms with Gasteiger partial charge in [0.1, 0.15) is 11.2 Å². The van der Waals surface area contributed by atoms with Gasteiger partial charge in [-0.2, -0.15) is 0 Å². The lowest BCUT2D eigenvalue weighted by Gasteiger charge is -2.12. The van der Waals surface area contributed by atoms with E-state index in [2.05, 4.69) is 91.0 Å². The third kappa shape index (κ3) is 4.79. The van der Waals surface area contributed by atoms with Crippen molar-refractivity contribution in [1.82, 2.24) is 15.0 Å². The van der Waals surface area contributed by atoms with Crippen LogP contribution in [0.15, 0.2) is 168 Å². The first-order valence-electron chi connectivity index (χ1n) is 16.6. The van der Waals surface area contributed by atoms with E-state index in [-0.39, 0.29) is 0 Å². The number of aromatic nitrogens is 3. The normalized spacial score (nSPS) is 11.6. The topological polar surface area (TPSA) is 51.8 Å². The van der Waals surface area contributed by atoms with E-state index in [1.54, 1.807) is 11.3 Å². The van der Waals surface area contributed by atoms with Crippen molar-refractivity contribution < 1.29 is 4.42 Å². The van der Waals surface area contributed by atoms with E-state index >= 15 is 0 Å². The highest BCUT2D eigenvalue weighted by Gasteiger charge is 2.18. The average molecular weight is 658 g/mol. The molecule has 0 unspecified atom stereocenters. The van der Waals surface area contributed by atoms with Gasteiger partial charge in [0, 0.05) is 47.6 Å². The maximum Gasteiger partial charge on any atom is 0.164 e. The second-order valence-electron chi connectivity index (χ2n) is 12.4. The van der Waals surface area contributed by atoms with Crippen LogP contribution in [0.4, 0.5) is 0 Å². The van der Waals surface area contributed by atoms with Crippen LogP contribution in [0.3, 0.4) is 0 Å². The standard InChI is InChI=1S/C45H27N3OS/c1-3-12-28(13-4-1)43-46-44(29-14-5-2-6-15-29)48-45(47-43)31-23-25-37-41(27-31)50-40-21-11-19-36(42(37)40)33-17-8-7-16-32(33)30-22-24-35-34-18-9-10-20-38(34)49-39(35)26-30/h1-27H. The van der Waals surface area contributed by atoms with Gasteiger partial charge < -0.3 is 4.42 Å². The van der Waals surface area contributed by atoms with Crippen molar-refractivity contribution in [3.05, 3.63) is 164 Å². The molecule has 10 rings (SSSR count). The van der Waals surface area contributed by atoms with Crippen LogP contribution in [-0.2, 0) is 0 Å². The van der Waals surface area contributed by atoms with Gasteiger partial charge >= 0.3 is 0 Å². The summed E-state index contributed by atoms with van der Waals surface area (Å²) in [5.41, 5.74) is 9.38. The summed E-state index contributed by atoms with van der Waals surface area (Å²) >= 11 is 1.80. The number of benzene rings is 7. The molecule has 4 nitrogen and oxygen atoms in total. The molecular formula is C45H27N3OS. The molecule has 5 heteroatoms. The predicted molar refractivity (Wildman–Crippen MR) is 207 cm³/mol. The molecule has 0 atom stereocenters. The molecule has 0 bridgehead atoms. The lowest BCUT2D eigenvalue weighted by atomic mass is 9.91. The lowest BCUT2D eigenvalue weighted by Crippen LogP contribution is -1.99. The van der Waals surface area contributed by atoms with Crippen molar-refractivity contribution in [2.24, 2.45) is 0 Å². The largest absolute Gasteiger partial charge is 0.456 e. The molecule has 50 heavy (non-hydrogen) atoms. The van der Waals surface area contributed by atoms with E-state index in [1.807, 2.05) is 72.8 Å². The summed E-state index contributed by atoms with van der Waals surface area (Å²) in [5, 5.41) is 4.74. The van der Waals surface area contributed by atoms with Crippen LogP contribution >= 0.6 is 11.3 Å². The summed E-state index contributed by atoms with van der Waals surface area (Å²) in [6, 6.07) is 56.9. The number of thiophene rings is 1. The minimum absolute atomic E-state index is 0.656. The molecule has 0 spiro atoms. The van der Waals surface area contributed by atoms with Crippen LogP contribution in [0.25, 0.3) is 98.5 Å². The first-order chi connectivity index (χ1) is 24.8. The van der Waals surface area contributed by atoms with Gasteiger partial charge in [-0.15, -0.1) is 11.3 Å². The highest BCUT2D eigenvalue weighted by atomic mass is 32.1. The number of fused-ring (bicyclic) bond motifs is 6. The van der Waals surface area contributed by atoms with Crippen LogP contribution in [0.2, 0.25) is 0 Å². The van der Waals surface area contributed by atoms with E-state index in [0.717, 1.165) is 44.2 Å². The summed E-state index contributed by atoms with van der Waals surface area (Å²) < 4.78 is 8.70. The molecule has 0 N–H and O–H groups in total. The van der Waals surface area contributed by atoms with Gasteiger partial charge in [0.15, 0.2) is 17.5 Å². The molecule has 0 amide bonds. The molecule has 0 radical (unpaired) electrons. The molecule has 0 aliphatic heterocycles. The van der Waals surface area contributed by atoms with Crippen LogP contribution < -0.4 is 0 Å². The Kier molecular flexibility index (Phi) is 6.64. The number of nitrogens with zero attached hydrogens (tertiary/aromatic N) is 3. The monoisotopic (exact) mass is 657 g/mol. The SMILES string of the molecule is c1ccc(-c2nc(-c3ccccc3)nc(-c3ccc4c(c3)sc3cccc(-c5ccccc5-c5ccc6c(c5)oc5ccccc56)c34)n2)cc1. The summed E-state index contributed by atoms with van der Waals surface area (Å²) in [6.07, 6.45) is 0. The van der Waals surface area contributed by atoms with Crippen molar-refractivity contribution in [3.8, 4) is 56.4 Å². The predicted octanol–water partition coefficient (Wildman–Crippen LogP) is 12.5. The maximum absolute atomic E-state index is 6.28. The van der Waals surface area contributed by atoms with Gasteiger partial charge in [-0.1, -0.05) is 133 Å². The van der Waals surface area contributed by atoms with Crippen molar-refractivity contribution in [3.63, 3.8) is 0 Å². The Labute approximate surface area is 292 Å². The summed E-state index contributed by atoms with van der Waals surface area (Å²) in [7, 11) is 0. The van der Waals surface area contributed by atoms with E-state index < -0.39 is 0 Å². The summed E-state index contributed by atoms with van der Waals surface area (Å²) in [6.45, 7) is 0. The van der Waals surface area contributed by atoms with Crippen molar-refractivity contribution in [1.29, 1.82) is 0 Å². The molecule has 0 fully saturated rings. The summed E-state index contributed by atoms with van der Waals surface area (Å²) in [5.74, 6) is 1.97. The molecule has 10 aromatic rings. The Hall–Kier alpha value is -6.43. The lowest BCUT2D eigenvalue weighted by molar-refractivity contribution is 0.669. The smallest absolute Gasteiger partial charge is 0.164 e. The zero-order chi connectivity index (χ0) is 33.0. The van der Waals surface area contributed by atoms with Gasteiger partial charge in [0.2, 0.25) is 0 Å². The Balaban J connectivity index is 1.11. The third-order valence-electron chi connectivity index (χ3n) is 9.36. The van der Waals surface area contributed by atoms with E-state index in [0.29, 0.717) is 17.5 Å². The van der Waals surface area contributed by atoms with E-state index in [1.165, 1.54) is 36.9 Å². The Bertz CT molecular complexity index is 2820. The molecule has 0 saturated heterocycles. The minimum Gasteiger partial charge on any atom is -0.456 e. The van der Waals surface area contributed by atoms with E-state index in [9.17, 15) is 0 Å². The fourth-order valence-electron chi connectivity index (χ4n) is 6.99. The molecule has 0 aliphatic carbocycles. The van der Waals surface area contributed by atoms with Crippen LogP contribution in [0.1, 0.15) is 0 Å². The Morgan fingerprint density at radius 1 is 0.360 bits per heavy atom. The maximum atomic E-state index is 6.28. The average Bonchev–Trinajstić information content (AvgIpc) is 3.76. The molecule has 234 valence electrons. The van der Waals surface area contributed by atoms with Gasteiger partial charge in [-0.3, -0.25) is 0 Å². The first-order valence-corrected chi connectivity index (χ1v) is 17.4. The van der Waals surface area contributed by atoms with Crippen LogP contribution in [0.5, 0.6) is 0 Å². The molecule has 0 aliphatic rings. The first kappa shape index (κ1) is 28.6. The number of rotatable bonds is 5.